The first-order valence-electron chi connectivity index (χ1n) is 7.01. The van der Waals surface area contributed by atoms with Gasteiger partial charge in [-0.25, -0.2) is 9.97 Å². The predicted octanol–water partition coefficient (Wildman–Crippen LogP) is 4.34. The number of benzene rings is 1. The van der Waals surface area contributed by atoms with Crippen molar-refractivity contribution < 1.29 is 0 Å². The average Bonchev–Trinajstić information content (AvgIpc) is 2.98. The molecule has 0 amide bonds. The summed E-state index contributed by atoms with van der Waals surface area (Å²) in [6.07, 6.45) is 4.60. The second kappa shape index (κ2) is 8.49. The topological polar surface area (TPSA) is 41.0 Å². The lowest BCUT2D eigenvalue weighted by Crippen LogP contribution is -2.32. The third-order valence-corrected chi connectivity index (χ3v) is 4.68. The zero-order valence-electron chi connectivity index (χ0n) is 12.2. The van der Waals surface area contributed by atoms with E-state index in [1.165, 1.54) is 0 Å². The fourth-order valence-corrected chi connectivity index (χ4v) is 3.09. The summed E-state index contributed by atoms with van der Waals surface area (Å²) < 4.78 is 0.890. The second-order valence-electron chi connectivity index (χ2n) is 5.25. The molecule has 0 bridgehead atoms. The van der Waals surface area contributed by atoms with Gasteiger partial charge in [0.1, 0.15) is 0 Å². The highest BCUT2D eigenvalue weighted by Crippen LogP contribution is 2.22. The summed E-state index contributed by atoms with van der Waals surface area (Å²) in [4.78, 5) is 10.9. The lowest BCUT2D eigenvalue weighted by molar-refractivity contribution is 0.551. The van der Waals surface area contributed by atoms with Crippen LogP contribution in [0.1, 0.15) is 12.0 Å². The Morgan fingerprint density at radius 3 is 2.74 bits per heavy atom. The Bertz CT molecular complexity index is 654. The van der Waals surface area contributed by atoms with Crippen molar-refractivity contribution in [3.05, 3.63) is 50.7 Å². The van der Waals surface area contributed by atoms with Gasteiger partial charge in [0, 0.05) is 48.1 Å². The zero-order valence-corrected chi connectivity index (χ0v) is 16.1. The van der Waals surface area contributed by atoms with Crippen molar-refractivity contribution in [3.63, 3.8) is 0 Å². The molecule has 1 fully saturated rings. The van der Waals surface area contributed by atoms with E-state index in [2.05, 4.69) is 36.1 Å². The smallest absolute Gasteiger partial charge is 0.225 e. The largest absolute Gasteiger partial charge is 0.339 e. The third kappa shape index (κ3) is 4.94. The minimum atomic E-state index is 0. The van der Waals surface area contributed by atoms with Crippen LogP contribution in [0, 0.1) is 0 Å². The van der Waals surface area contributed by atoms with Crippen molar-refractivity contribution in [2.45, 2.75) is 19.0 Å². The van der Waals surface area contributed by atoms with E-state index < -0.39 is 0 Å². The fourth-order valence-electron chi connectivity index (χ4n) is 2.51. The van der Waals surface area contributed by atoms with E-state index in [0.29, 0.717) is 17.6 Å². The van der Waals surface area contributed by atoms with Gasteiger partial charge in [-0.1, -0.05) is 23.2 Å². The lowest BCUT2D eigenvalue weighted by Gasteiger charge is -2.17. The quantitative estimate of drug-likeness (QED) is 0.771. The number of halogens is 4. The number of nitrogens with zero attached hydrogens (tertiary/aromatic N) is 3. The third-order valence-electron chi connectivity index (χ3n) is 3.67. The SMILES string of the molecule is Cl.Clc1ccc(Cl)c(CN[C@H]2CCN(c3ncc(Br)cn3)C2)c1. The number of hydrogen-bond donors (Lipinski definition) is 1. The summed E-state index contributed by atoms with van der Waals surface area (Å²) in [6.45, 7) is 2.54. The van der Waals surface area contributed by atoms with Crippen LogP contribution < -0.4 is 10.2 Å². The molecule has 2 heterocycles. The maximum atomic E-state index is 6.19. The highest BCUT2D eigenvalue weighted by molar-refractivity contribution is 9.10. The number of aromatic nitrogens is 2. The normalized spacial score (nSPS) is 17.2. The van der Waals surface area contributed by atoms with Gasteiger partial charge in [-0.3, -0.25) is 0 Å². The van der Waals surface area contributed by atoms with Crippen LogP contribution >= 0.6 is 51.5 Å². The summed E-state index contributed by atoms with van der Waals surface area (Å²) in [5.74, 6) is 0.772. The molecule has 2 aromatic rings. The van der Waals surface area contributed by atoms with Crippen molar-refractivity contribution >= 4 is 57.5 Å². The fraction of sp³-hybridized carbons (Fsp3) is 0.333. The summed E-state index contributed by atoms with van der Waals surface area (Å²) in [6, 6.07) is 5.93. The zero-order chi connectivity index (χ0) is 15.5. The maximum Gasteiger partial charge on any atom is 0.225 e. The summed E-state index contributed by atoms with van der Waals surface area (Å²) >= 11 is 15.6. The number of rotatable bonds is 4. The van der Waals surface area contributed by atoms with Gasteiger partial charge in [-0.05, 0) is 46.1 Å². The molecule has 8 heteroatoms. The van der Waals surface area contributed by atoms with Gasteiger partial charge in [-0.2, -0.15) is 0 Å². The lowest BCUT2D eigenvalue weighted by atomic mass is 10.2. The standard InChI is InChI=1S/C15H15BrCl2N4.ClH/c16-11-7-20-15(21-8-11)22-4-3-13(9-22)19-6-10-5-12(17)1-2-14(10)18;/h1-2,5,7-8,13,19H,3-4,6,9H2;1H/t13-;/m0./s1. The van der Waals surface area contributed by atoms with Crippen LogP contribution in [0.5, 0.6) is 0 Å². The van der Waals surface area contributed by atoms with Gasteiger partial charge in [0.15, 0.2) is 0 Å². The molecular weight excluding hydrogens is 422 g/mol. The molecule has 0 radical (unpaired) electrons. The van der Waals surface area contributed by atoms with Crippen molar-refractivity contribution in [2.24, 2.45) is 0 Å². The van der Waals surface area contributed by atoms with E-state index in [1.807, 2.05) is 12.1 Å². The van der Waals surface area contributed by atoms with Gasteiger partial charge in [0.25, 0.3) is 0 Å². The van der Waals surface area contributed by atoms with Crippen LogP contribution in [0.2, 0.25) is 10.0 Å². The van der Waals surface area contributed by atoms with Crippen molar-refractivity contribution in [1.29, 1.82) is 0 Å². The van der Waals surface area contributed by atoms with E-state index in [1.54, 1.807) is 18.5 Å². The van der Waals surface area contributed by atoms with E-state index in [4.69, 9.17) is 23.2 Å². The minimum absolute atomic E-state index is 0. The molecule has 0 saturated carbocycles. The molecule has 0 unspecified atom stereocenters. The van der Waals surface area contributed by atoms with Crippen molar-refractivity contribution in [3.8, 4) is 0 Å². The highest BCUT2D eigenvalue weighted by atomic mass is 79.9. The van der Waals surface area contributed by atoms with Crippen molar-refractivity contribution in [2.75, 3.05) is 18.0 Å². The first kappa shape index (κ1) is 18.7. The molecule has 3 rings (SSSR count). The molecule has 0 aliphatic carbocycles. The van der Waals surface area contributed by atoms with E-state index in [0.717, 1.165) is 40.5 Å². The minimum Gasteiger partial charge on any atom is -0.339 e. The molecule has 0 spiro atoms. The molecule has 1 aliphatic heterocycles. The van der Waals surface area contributed by atoms with Gasteiger partial charge in [0.05, 0.1) is 4.47 Å². The monoisotopic (exact) mass is 436 g/mol. The molecule has 1 aromatic carbocycles. The Labute approximate surface area is 160 Å². The van der Waals surface area contributed by atoms with Crippen LogP contribution in [-0.4, -0.2) is 29.1 Å². The molecule has 1 aromatic heterocycles. The predicted molar refractivity (Wildman–Crippen MR) is 101 cm³/mol. The van der Waals surface area contributed by atoms with Crippen LogP contribution in [-0.2, 0) is 6.54 Å². The van der Waals surface area contributed by atoms with Gasteiger partial charge in [0.2, 0.25) is 5.95 Å². The summed E-state index contributed by atoms with van der Waals surface area (Å²) in [5, 5.41) is 4.97. The van der Waals surface area contributed by atoms with Crippen molar-refractivity contribution in [1.82, 2.24) is 15.3 Å². The Morgan fingerprint density at radius 2 is 2.00 bits per heavy atom. The Morgan fingerprint density at radius 1 is 1.26 bits per heavy atom. The highest BCUT2D eigenvalue weighted by Gasteiger charge is 2.24. The Hall–Kier alpha value is -0.590. The van der Waals surface area contributed by atoms with Gasteiger partial charge in [-0.15, -0.1) is 12.4 Å². The molecule has 1 aliphatic rings. The first-order chi connectivity index (χ1) is 10.6. The molecule has 1 N–H and O–H groups in total. The molecule has 1 atom stereocenters. The number of anilines is 1. The molecule has 4 nitrogen and oxygen atoms in total. The van der Waals surface area contributed by atoms with Crippen LogP contribution in [0.25, 0.3) is 0 Å². The van der Waals surface area contributed by atoms with Gasteiger partial charge < -0.3 is 10.2 Å². The second-order valence-corrected chi connectivity index (χ2v) is 7.01. The van der Waals surface area contributed by atoms with Crippen LogP contribution in [0.3, 0.4) is 0 Å². The Balaban J connectivity index is 0.00000192. The molecule has 1 saturated heterocycles. The molecular formula is C15H16BrCl3N4. The van der Waals surface area contributed by atoms with E-state index in [9.17, 15) is 0 Å². The number of hydrogen-bond acceptors (Lipinski definition) is 4. The maximum absolute atomic E-state index is 6.19. The first-order valence-corrected chi connectivity index (χ1v) is 8.56. The summed E-state index contributed by atoms with van der Waals surface area (Å²) in [7, 11) is 0. The van der Waals surface area contributed by atoms with Gasteiger partial charge >= 0.3 is 0 Å². The Kier molecular flexibility index (Phi) is 6.92. The van der Waals surface area contributed by atoms with Crippen LogP contribution in [0.4, 0.5) is 5.95 Å². The molecule has 23 heavy (non-hydrogen) atoms. The average molecular weight is 439 g/mol. The summed E-state index contributed by atoms with van der Waals surface area (Å²) in [5.41, 5.74) is 1.02. The van der Waals surface area contributed by atoms with E-state index in [-0.39, 0.29) is 12.4 Å². The number of nitrogens with one attached hydrogen (secondary N) is 1. The molecule has 124 valence electrons. The van der Waals surface area contributed by atoms with E-state index >= 15 is 0 Å². The van der Waals surface area contributed by atoms with Crippen LogP contribution in [0.15, 0.2) is 35.1 Å².